The third-order valence-corrected chi connectivity index (χ3v) is 1.92. The maximum atomic E-state index is 13.1. The van der Waals surface area contributed by atoms with Gasteiger partial charge in [0.1, 0.15) is 11.6 Å². The molecule has 1 aromatic rings. The van der Waals surface area contributed by atoms with Crippen LogP contribution < -0.4 is 10.6 Å². The van der Waals surface area contributed by atoms with Crippen LogP contribution in [0.2, 0.25) is 0 Å². The summed E-state index contributed by atoms with van der Waals surface area (Å²) in [6.45, 7) is 0.516. The van der Waals surface area contributed by atoms with Crippen LogP contribution in [0.1, 0.15) is 11.1 Å². The Balaban J connectivity index is 2.52. The number of hydrogen-bond donors (Lipinski definition) is 1. The molecule has 14 heavy (non-hydrogen) atoms. The van der Waals surface area contributed by atoms with Crippen LogP contribution in [0, 0.1) is 5.82 Å². The van der Waals surface area contributed by atoms with Gasteiger partial charge in [0.25, 0.3) is 0 Å². The Bertz CT molecular complexity index is 379. The number of halogens is 1. The molecule has 5 heteroatoms. The lowest BCUT2D eigenvalue weighted by molar-refractivity contribution is -0.0166. The monoisotopic (exact) mass is 196 g/mol. The number of hydrogen-bond acceptors (Lipinski definition) is 4. The standard InChI is InChI=1S/C9H9FN2O2/c10-8-1-6(3-12-11)9-7(2-8)4-13-5-14-9/h1-3H,4-5,11H2. The van der Waals surface area contributed by atoms with E-state index in [4.69, 9.17) is 15.3 Å². The van der Waals surface area contributed by atoms with E-state index in [1.54, 1.807) is 0 Å². The topological polar surface area (TPSA) is 56.8 Å². The van der Waals surface area contributed by atoms with Crippen LogP contribution in [0.25, 0.3) is 0 Å². The van der Waals surface area contributed by atoms with Crippen molar-refractivity contribution in [2.24, 2.45) is 10.9 Å². The largest absolute Gasteiger partial charge is 0.466 e. The summed E-state index contributed by atoms with van der Waals surface area (Å²) in [5.74, 6) is 5.24. The van der Waals surface area contributed by atoms with E-state index in [-0.39, 0.29) is 12.6 Å². The smallest absolute Gasteiger partial charge is 0.189 e. The second-order valence-electron chi connectivity index (χ2n) is 2.87. The fraction of sp³-hybridized carbons (Fsp3) is 0.222. The number of nitrogens with zero attached hydrogens (tertiary/aromatic N) is 1. The summed E-state index contributed by atoms with van der Waals surface area (Å²) in [5.41, 5.74) is 1.21. The zero-order valence-corrected chi connectivity index (χ0v) is 7.37. The summed E-state index contributed by atoms with van der Waals surface area (Å²) >= 11 is 0. The second kappa shape index (κ2) is 3.63. The predicted octanol–water partition coefficient (Wildman–Crippen LogP) is 0.985. The van der Waals surface area contributed by atoms with E-state index in [9.17, 15) is 4.39 Å². The van der Waals surface area contributed by atoms with Gasteiger partial charge in [-0.15, -0.1) is 0 Å². The van der Waals surface area contributed by atoms with Crippen LogP contribution in [-0.2, 0) is 11.3 Å². The van der Waals surface area contributed by atoms with E-state index < -0.39 is 0 Å². The molecule has 0 radical (unpaired) electrons. The molecule has 74 valence electrons. The number of rotatable bonds is 1. The normalized spacial score (nSPS) is 15.2. The van der Waals surface area contributed by atoms with Gasteiger partial charge >= 0.3 is 0 Å². The van der Waals surface area contributed by atoms with Crippen molar-refractivity contribution in [3.8, 4) is 5.75 Å². The maximum Gasteiger partial charge on any atom is 0.189 e. The van der Waals surface area contributed by atoms with Gasteiger partial charge in [0, 0.05) is 11.1 Å². The highest BCUT2D eigenvalue weighted by molar-refractivity contribution is 5.84. The van der Waals surface area contributed by atoms with Gasteiger partial charge in [-0.05, 0) is 12.1 Å². The zero-order valence-electron chi connectivity index (χ0n) is 7.37. The average Bonchev–Trinajstić information content (AvgIpc) is 2.18. The fourth-order valence-corrected chi connectivity index (χ4v) is 1.38. The molecule has 0 aromatic heterocycles. The molecule has 0 unspecified atom stereocenters. The van der Waals surface area contributed by atoms with Crippen LogP contribution in [0.15, 0.2) is 17.2 Å². The van der Waals surface area contributed by atoms with Crippen molar-refractivity contribution in [3.63, 3.8) is 0 Å². The molecule has 4 nitrogen and oxygen atoms in total. The Hall–Kier alpha value is -1.62. The highest BCUT2D eigenvalue weighted by atomic mass is 19.1. The molecule has 1 heterocycles. The van der Waals surface area contributed by atoms with Crippen molar-refractivity contribution in [1.29, 1.82) is 0 Å². The lowest BCUT2D eigenvalue weighted by atomic mass is 10.1. The molecular weight excluding hydrogens is 187 g/mol. The first kappa shape index (κ1) is 8.96. The molecule has 0 saturated heterocycles. The van der Waals surface area contributed by atoms with E-state index in [0.29, 0.717) is 23.5 Å². The summed E-state index contributed by atoms with van der Waals surface area (Å²) in [6, 6.07) is 2.70. The van der Waals surface area contributed by atoms with Crippen molar-refractivity contribution in [3.05, 3.63) is 29.1 Å². The van der Waals surface area contributed by atoms with E-state index in [0.717, 1.165) is 0 Å². The minimum atomic E-state index is -0.354. The van der Waals surface area contributed by atoms with E-state index in [1.165, 1.54) is 18.3 Å². The molecule has 2 N–H and O–H groups in total. The fourth-order valence-electron chi connectivity index (χ4n) is 1.38. The third-order valence-electron chi connectivity index (χ3n) is 1.92. The molecule has 1 aromatic carbocycles. The Kier molecular flexibility index (Phi) is 2.32. The molecule has 0 bridgehead atoms. The van der Waals surface area contributed by atoms with Crippen LogP contribution in [-0.4, -0.2) is 13.0 Å². The molecule has 0 saturated carbocycles. The minimum Gasteiger partial charge on any atom is -0.466 e. The van der Waals surface area contributed by atoms with Crippen molar-refractivity contribution in [2.45, 2.75) is 6.61 Å². The summed E-state index contributed by atoms with van der Waals surface area (Å²) < 4.78 is 23.3. The van der Waals surface area contributed by atoms with Crippen molar-refractivity contribution >= 4 is 6.21 Å². The summed E-state index contributed by atoms with van der Waals surface area (Å²) in [4.78, 5) is 0. The molecular formula is C9H9FN2O2. The summed E-state index contributed by atoms with van der Waals surface area (Å²) in [6.07, 6.45) is 1.35. The Morgan fingerprint density at radius 2 is 2.36 bits per heavy atom. The van der Waals surface area contributed by atoms with Gasteiger partial charge in [-0.2, -0.15) is 5.10 Å². The molecule has 0 spiro atoms. The lowest BCUT2D eigenvalue weighted by Crippen LogP contribution is -2.13. The first-order valence-electron chi connectivity index (χ1n) is 4.07. The van der Waals surface area contributed by atoms with Crippen LogP contribution >= 0.6 is 0 Å². The minimum absolute atomic E-state index is 0.171. The summed E-state index contributed by atoms with van der Waals surface area (Å²) in [7, 11) is 0. The first-order valence-corrected chi connectivity index (χ1v) is 4.07. The molecule has 1 aliphatic heterocycles. The molecule has 0 amide bonds. The van der Waals surface area contributed by atoms with E-state index in [2.05, 4.69) is 5.10 Å². The average molecular weight is 196 g/mol. The van der Waals surface area contributed by atoms with Crippen LogP contribution in [0.5, 0.6) is 5.75 Å². The van der Waals surface area contributed by atoms with Gasteiger partial charge in [0.15, 0.2) is 6.79 Å². The van der Waals surface area contributed by atoms with Gasteiger partial charge in [0.05, 0.1) is 12.8 Å². The van der Waals surface area contributed by atoms with Crippen molar-refractivity contribution in [1.82, 2.24) is 0 Å². The SMILES string of the molecule is NN=Cc1cc(F)cc2c1OCOC2. The second-order valence-corrected chi connectivity index (χ2v) is 2.87. The van der Waals surface area contributed by atoms with Crippen molar-refractivity contribution < 1.29 is 13.9 Å². The first-order chi connectivity index (χ1) is 6.81. The van der Waals surface area contributed by atoms with E-state index >= 15 is 0 Å². The number of benzene rings is 1. The Morgan fingerprint density at radius 3 is 3.14 bits per heavy atom. The third kappa shape index (κ3) is 1.54. The number of hydrazone groups is 1. The number of fused-ring (bicyclic) bond motifs is 1. The van der Waals surface area contributed by atoms with Crippen molar-refractivity contribution in [2.75, 3.05) is 6.79 Å². The Morgan fingerprint density at radius 1 is 1.50 bits per heavy atom. The van der Waals surface area contributed by atoms with E-state index in [1.807, 2.05) is 0 Å². The van der Waals surface area contributed by atoms with Crippen LogP contribution in [0.4, 0.5) is 4.39 Å². The molecule has 0 fully saturated rings. The van der Waals surface area contributed by atoms with Gasteiger partial charge in [-0.3, -0.25) is 0 Å². The zero-order chi connectivity index (χ0) is 9.97. The summed E-state index contributed by atoms with van der Waals surface area (Å²) in [5, 5.41) is 3.34. The molecule has 0 atom stereocenters. The predicted molar refractivity (Wildman–Crippen MR) is 48.5 cm³/mol. The maximum absolute atomic E-state index is 13.1. The quantitative estimate of drug-likeness (QED) is 0.414. The van der Waals surface area contributed by atoms with Gasteiger partial charge in [-0.25, -0.2) is 4.39 Å². The highest BCUT2D eigenvalue weighted by Gasteiger charge is 2.15. The van der Waals surface area contributed by atoms with Gasteiger partial charge in [-0.1, -0.05) is 0 Å². The molecule has 2 rings (SSSR count). The highest BCUT2D eigenvalue weighted by Crippen LogP contribution is 2.28. The Labute approximate surface area is 80.1 Å². The molecule has 0 aliphatic carbocycles. The number of nitrogens with two attached hydrogens (primary N) is 1. The van der Waals surface area contributed by atoms with Crippen LogP contribution in [0.3, 0.4) is 0 Å². The van der Waals surface area contributed by atoms with Gasteiger partial charge in [0.2, 0.25) is 0 Å². The lowest BCUT2D eigenvalue weighted by Gasteiger charge is -2.19. The molecule has 1 aliphatic rings. The number of ether oxygens (including phenoxy) is 2. The van der Waals surface area contributed by atoms with Gasteiger partial charge < -0.3 is 15.3 Å².